The predicted molar refractivity (Wildman–Crippen MR) is 81.6 cm³/mol. The highest BCUT2D eigenvalue weighted by Crippen LogP contribution is 2.14. The van der Waals surface area contributed by atoms with Crippen LogP contribution in [0.3, 0.4) is 0 Å². The van der Waals surface area contributed by atoms with Gasteiger partial charge in [-0.2, -0.15) is 0 Å². The van der Waals surface area contributed by atoms with Gasteiger partial charge in [0.1, 0.15) is 0 Å². The summed E-state index contributed by atoms with van der Waals surface area (Å²) < 4.78 is 0. The molecule has 19 heavy (non-hydrogen) atoms. The van der Waals surface area contributed by atoms with Gasteiger partial charge in [-0.15, -0.1) is 17.6 Å². The monoisotopic (exact) mass is 254 g/mol. The number of hydrogen-bond acceptors (Lipinski definition) is 1. The molecule has 1 rings (SSSR count). The number of hydrogen-bond donors (Lipinski definition) is 1. The fourth-order valence-corrected chi connectivity index (χ4v) is 1.89. The summed E-state index contributed by atoms with van der Waals surface area (Å²) >= 11 is 0. The van der Waals surface area contributed by atoms with Gasteiger partial charge in [0.25, 0.3) is 0 Å². The Hall–Kier alpha value is -1.74. The molecule has 1 N–H and O–H groups in total. The fourth-order valence-electron chi connectivity index (χ4n) is 1.89. The molecule has 1 nitrogen and oxygen atoms in total. The molecule has 0 heterocycles. The standard InChI is InChI=1S/C18H22O/c1-3-4-5-6-8-11-16(2)14-18(15-19)17-12-9-7-10-13-17/h7,9-10,12-13,19H,5-6,8,11,15H2,1-2H3. The van der Waals surface area contributed by atoms with E-state index in [0.717, 1.165) is 36.8 Å². The largest absolute Gasteiger partial charge is 0.391 e. The lowest BCUT2D eigenvalue weighted by Crippen LogP contribution is -1.89. The Morgan fingerprint density at radius 2 is 1.89 bits per heavy atom. The van der Waals surface area contributed by atoms with E-state index >= 15 is 0 Å². The van der Waals surface area contributed by atoms with Gasteiger partial charge in [-0.05, 0) is 44.2 Å². The van der Waals surface area contributed by atoms with Crippen molar-refractivity contribution in [3.05, 3.63) is 47.2 Å². The van der Waals surface area contributed by atoms with E-state index in [1.807, 2.05) is 37.3 Å². The summed E-state index contributed by atoms with van der Waals surface area (Å²) in [6, 6.07) is 9.94. The minimum absolute atomic E-state index is 0.0304. The summed E-state index contributed by atoms with van der Waals surface area (Å²) in [5.74, 6) is 5.98. The molecule has 1 heteroatoms. The molecule has 0 radical (unpaired) electrons. The summed E-state index contributed by atoms with van der Waals surface area (Å²) in [4.78, 5) is 0. The minimum Gasteiger partial charge on any atom is -0.391 e. The molecule has 0 unspecified atom stereocenters. The van der Waals surface area contributed by atoms with Crippen LogP contribution in [0.1, 0.15) is 45.1 Å². The van der Waals surface area contributed by atoms with Crippen molar-refractivity contribution in [3.8, 4) is 11.8 Å². The van der Waals surface area contributed by atoms with Crippen molar-refractivity contribution in [2.24, 2.45) is 0 Å². The Kier molecular flexibility index (Phi) is 7.44. The van der Waals surface area contributed by atoms with Gasteiger partial charge >= 0.3 is 0 Å². The van der Waals surface area contributed by atoms with Crippen molar-refractivity contribution < 1.29 is 5.11 Å². The van der Waals surface area contributed by atoms with E-state index in [2.05, 4.69) is 24.5 Å². The molecule has 0 aliphatic heterocycles. The lowest BCUT2D eigenvalue weighted by atomic mass is 10.0. The molecule has 0 saturated carbocycles. The van der Waals surface area contributed by atoms with Crippen molar-refractivity contribution in [2.45, 2.75) is 39.5 Å². The maximum absolute atomic E-state index is 9.44. The van der Waals surface area contributed by atoms with E-state index < -0.39 is 0 Å². The van der Waals surface area contributed by atoms with E-state index in [4.69, 9.17) is 0 Å². The van der Waals surface area contributed by atoms with Crippen LogP contribution < -0.4 is 0 Å². The molecule has 0 atom stereocenters. The number of rotatable bonds is 6. The van der Waals surface area contributed by atoms with Gasteiger partial charge in [-0.3, -0.25) is 0 Å². The Morgan fingerprint density at radius 1 is 1.16 bits per heavy atom. The van der Waals surface area contributed by atoms with Crippen LogP contribution in [0, 0.1) is 11.8 Å². The molecule has 0 aliphatic carbocycles. The zero-order valence-electron chi connectivity index (χ0n) is 11.9. The van der Waals surface area contributed by atoms with Crippen molar-refractivity contribution in [3.63, 3.8) is 0 Å². The lowest BCUT2D eigenvalue weighted by molar-refractivity contribution is 0.350. The van der Waals surface area contributed by atoms with Crippen molar-refractivity contribution in [2.75, 3.05) is 6.61 Å². The molecule has 1 aromatic rings. The average Bonchev–Trinajstić information content (AvgIpc) is 2.45. The Labute approximate surface area is 116 Å². The van der Waals surface area contributed by atoms with Gasteiger partial charge in [0.2, 0.25) is 0 Å². The molecule has 0 bridgehead atoms. The van der Waals surface area contributed by atoms with Crippen LogP contribution >= 0.6 is 0 Å². The molecular weight excluding hydrogens is 232 g/mol. The Morgan fingerprint density at radius 3 is 2.53 bits per heavy atom. The number of aliphatic hydroxyl groups excluding tert-OH is 1. The van der Waals surface area contributed by atoms with Crippen LogP contribution in [0.2, 0.25) is 0 Å². The SMILES string of the molecule is CC#CCCCCC(C)=C=C(CO)c1ccccc1. The van der Waals surface area contributed by atoms with Crippen LogP contribution in [0.25, 0.3) is 5.57 Å². The normalized spacial score (nSPS) is 9.21. The van der Waals surface area contributed by atoms with Crippen LogP contribution in [-0.4, -0.2) is 11.7 Å². The molecule has 0 saturated heterocycles. The van der Waals surface area contributed by atoms with Crippen molar-refractivity contribution in [1.29, 1.82) is 0 Å². The summed E-state index contributed by atoms with van der Waals surface area (Å²) in [5.41, 5.74) is 6.42. The maximum Gasteiger partial charge on any atom is 0.0759 e. The average molecular weight is 254 g/mol. The summed E-state index contributed by atoms with van der Waals surface area (Å²) in [6.45, 7) is 3.98. The molecule has 0 aromatic heterocycles. The maximum atomic E-state index is 9.44. The minimum atomic E-state index is 0.0304. The van der Waals surface area contributed by atoms with Gasteiger partial charge in [0, 0.05) is 12.0 Å². The van der Waals surface area contributed by atoms with Crippen LogP contribution in [0.5, 0.6) is 0 Å². The molecule has 0 fully saturated rings. The smallest absolute Gasteiger partial charge is 0.0759 e. The first-order chi connectivity index (χ1) is 9.27. The van der Waals surface area contributed by atoms with Crippen molar-refractivity contribution in [1.82, 2.24) is 0 Å². The van der Waals surface area contributed by atoms with Gasteiger partial charge in [0.15, 0.2) is 0 Å². The predicted octanol–water partition coefficient (Wildman–Crippen LogP) is 4.19. The molecule has 100 valence electrons. The van der Waals surface area contributed by atoms with Gasteiger partial charge in [-0.1, -0.05) is 30.3 Å². The second kappa shape index (κ2) is 9.22. The summed E-state index contributed by atoms with van der Waals surface area (Å²) in [6.07, 6.45) is 4.24. The molecule has 1 aromatic carbocycles. The van der Waals surface area contributed by atoms with Gasteiger partial charge < -0.3 is 5.11 Å². The Bertz CT molecular complexity index is 493. The lowest BCUT2D eigenvalue weighted by Gasteiger charge is -2.02. The molecule has 0 amide bonds. The molecular formula is C18H22O. The second-order valence-electron chi connectivity index (χ2n) is 4.54. The topological polar surface area (TPSA) is 20.2 Å². The Balaban J connectivity index is 2.66. The quantitative estimate of drug-likeness (QED) is 0.458. The third kappa shape index (κ3) is 6.11. The first-order valence-corrected chi connectivity index (χ1v) is 6.79. The highest BCUT2D eigenvalue weighted by atomic mass is 16.3. The highest BCUT2D eigenvalue weighted by Gasteiger charge is 1.98. The van der Waals surface area contributed by atoms with Crippen LogP contribution in [0.15, 0.2) is 41.6 Å². The van der Waals surface area contributed by atoms with Crippen molar-refractivity contribution >= 4 is 5.57 Å². The van der Waals surface area contributed by atoms with E-state index in [-0.39, 0.29) is 6.61 Å². The van der Waals surface area contributed by atoms with Crippen LogP contribution in [-0.2, 0) is 0 Å². The third-order valence-corrected chi connectivity index (χ3v) is 2.92. The highest BCUT2D eigenvalue weighted by molar-refractivity contribution is 5.65. The summed E-state index contributed by atoms with van der Waals surface area (Å²) in [5, 5.41) is 9.44. The fraction of sp³-hybridized carbons (Fsp3) is 0.389. The van der Waals surface area contributed by atoms with E-state index in [1.165, 1.54) is 5.57 Å². The van der Waals surface area contributed by atoms with E-state index in [1.54, 1.807) is 0 Å². The third-order valence-electron chi connectivity index (χ3n) is 2.92. The van der Waals surface area contributed by atoms with Crippen LogP contribution in [0.4, 0.5) is 0 Å². The van der Waals surface area contributed by atoms with E-state index in [0.29, 0.717) is 0 Å². The first kappa shape index (κ1) is 15.3. The zero-order chi connectivity index (χ0) is 13.9. The second-order valence-corrected chi connectivity index (χ2v) is 4.54. The molecule has 0 spiro atoms. The number of aliphatic hydroxyl groups is 1. The zero-order valence-corrected chi connectivity index (χ0v) is 11.9. The summed E-state index contributed by atoms with van der Waals surface area (Å²) in [7, 11) is 0. The number of unbranched alkanes of at least 4 members (excludes halogenated alkanes) is 2. The van der Waals surface area contributed by atoms with E-state index in [9.17, 15) is 5.11 Å². The van der Waals surface area contributed by atoms with Gasteiger partial charge in [-0.25, -0.2) is 0 Å². The molecule has 0 aliphatic rings. The first-order valence-electron chi connectivity index (χ1n) is 6.79. The van der Waals surface area contributed by atoms with Gasteiger partial charge in [0.05, 0.1) is 6.61 Å². The number of benzene rings is 1.